The van der Waals surface area contributed by atoms with Crippen molar-refractivity contribution < 1.29 is 13.9 Å². The number of carbonyl (C=O) groups is 1. The fraction of sp³-hybridized carbons (Fsp3) is 0.316. The lowest BCUT2D eigenvalue weighted by molar-refractivity contribution is -0.115. The number of nitrogens with one attached hydrogen (secondary N) is 2. The molecule has 1 heterocycles. The third kappa shape index (κ3) is 4.93. The molecule has 6 heteroatoms. The van der Waals surface area contributed by atoms with Gasteiger partial charge < -0.3 is 20.3 Å². The Kier molecular flexibility index (Phi) is 5.85. The molecule has 0 unspecified atom stereocenters. The predicted molar refractivity (Wildman–Crippen MR) is 97.6 cm³/mol. The quantitative estimate of drug-likeness (QED) is 0.846. The molecular weight excluding hydrogens is 321 g/mol. The van der Waals surface area contributed by atoms with Crippen LogP contribution in [0.15, 0.2) is 48.5 Å². The average molecular weight is 343 g/mol. The molecule has 1 fully saturated rings. The summed E-state index contributed by atoms with van der Waals surface area (Å²) in [5, 5.41) is 6.09. The van der Waals surface area contributed by atoms with Gasteiger partial charge >= 0.3 is 0 Å². The number of carbonyl (C=O) groups excluding carboxylic acids is 1. The SMILES string of the molecule is O=C(CCNc1ccc(F)cc1)Nc1ccccc1N1CCOCC1. The molecule has 5 nitrogen and oxygen atoms in total. The molecule has 1 aliphatic rings. The maximum atomic E-state index is 12.9. The third-order valence-corrected chi connectivity index (χ3v) is 4.06. The molecule has 0 radical (unpaired) electrons. The van der Waals surface area contributed by atoms with Gasteiger partial charge in [0.2, 0.25) is 5.91 Å². The number of anilines is 3. The Morgan fingerprint density at radius 2 is 1.80 bits per heavy atom. The Labute approximate surface area is 146 Å². The minimum Gasteiger partial charge on any atom is -0.385 e. The van der Waals surface area contributed by atoms with Crippen LogP contribution in [0, 0.1) is 5.82 Å². The molecule has 132 valence electrons. The summed E-state index contributed by atoms with van der Waals surface area (Å²) in [6.07, 6.45) is 0.328. The second-order valence-corrected chi connectivity index (χ2v) is 5.85. The highest BCUT2D eigenvalue weighted by Gasteiger charge is 2.15. The minimum atomic E-state index is -0.275. The first-order valence-electron chi connectivity index (χ1n) is 8.43. The molecular formula is C19H22FN3O2. The Morgan fingerprint density at radius 3 is 2.56 bits per heavy atom. The lowest BCUT2D eigenvalue weighted by Gasteiger charge is -2.30. The summed E-state index contributed by atoms with van der Waals surface area (Å²) >= 11 is 0. The molecule has 25 heavy (non-hydrogen) atoms. The molecule has 0 aliphatic carbocycles. The van der Waals surface area contributed by atoms with Gasteiger partial charge in [0, 0.05) is 31.7 Å². The maximum absolute atomic E-state index is 12.9. The lowest BCUT2D eigenvalue weighted by Crippen LogP contribution is -2.36. The molecule has 3 rings (SSSR count). The highest BCUT2D eigenvalue weighted by Crippen LogP contribution is 2.26. The third-order valence-electron chi connectivity index (χ3n) is 4.06. The van der Waals surface area contributed by atoms with Crippen molar-refractivity contribution in [1.82, 2.24) is 0 Å². The van der Waals surface area contributed by atoms with Crippen molar-refractivity contribution in [3.8, 4) is 0 Å². The number of hydrogen-bond acceptors (Lipinski definition) is 4. The number of benzene rings is 2. The standard InChI is InChI=1S/C19H22FN3O2/c20-15-5-7-16(8-6-15)21-10-9-19(24)22-17-3-1-2-4-18(17)23-11-13-25-14-12-23/h1-8,21H,9-14H2,(H,22,24). The molecule has 0 saturated carbocycles. The van der Waals surface area contributed by atoms with Gasteiger partial charge in [-0.1, -0.05) is 12.1 Å². The molecule has 0 bridgehead atoms. The summed E-state index contributed by atoms with van der Waals surface area (Å²) in [6.45, 7) is 3.52. The van der Waals surface area contributed by atoms with Crippen LogP contribution in [0.5, 0.6) is 0 Å². The van der Waals surface area contributed by atoms with Crippen LogP contribution in [0.25, 0.3) is 0 Å². The Hall–Kier alpha value is -2.60. The number of morpholine rings is 1. The first-order valence-corrected chi connectivity index (χ1v) is 8.43. The van der Waals surface area contributed by atoms with Crippen molar-refractivity contribution >= 4 is 23.0 Å². The van der Waals surface area contributed by atoms with E-state index in [0.29, 0.717) is 26.2 Å². The van der Waals surface area contributed by atoms with Crippen molar-refractivity contribution in [3.05, 3.63) is 54.3 Å². The highest BCUT2D eigenvalue weighted by atomic mass is 19.1. The number of halogens is 1. The van der Waals surface area contributed by atoms with Crippen LogP contribution in [0.1, 0.15) is 6.42 Å². The normalized spacial score (nSPS) is 14.2. The number of ether oxygens (including phenoxy) is 1. The summed E-state index contributed by atoms with van der Waals surface area (Å²) in [4.78, 5) is 14.5. The molecule has 0 atom stereocenters. The van der Waals surface area contributed by atoms with Gasteiger partial charge in [-0.15, -0.1) is 0 Å². The van der Waals surface area contributed by atoms with Crippen molar-refractivity contribution in [2.45, 2.75) is 6.42 Å². The van der Waals surface area contributed by atoms with E-state index in [1.807, 2.05) is 24.3 Å². The van der Waals surface area contributed by atoms with Crippen LogP contribution in [0.4, 0.5) is 21.5 Å². The van der Waals surface area contributed by atoms with Crippen molar-refractivity contribution in [1.29, 1.82) is 0 Å². The molecule has 2 aromatic rings. The van der Waals surface area contributed by atoms with E-state index in [0.717, 1.165) is 30.2 Å². The average Bonchev–Trinajstić information content (AvgIpc) is 2.64. The van der Waals surface area contributed by atoms with Crippen LogP contribution in [0.2, 0.25) is 0 Å². The second kappa shape index (κ2) is 8.48. The maximum Gasteiger partial charge on any atom is 0.226 e. The molecule has 1 saturated heterocycles. The summed E-state index contributed by atoms with van der Waals surface area (Å²) in [7, 11) is 0. The first-order chi connectivity index (χ1) is 12.2. The van der Waals surface area contributed by atoms with Crippen LogP contribution < -0.4 is 15.5 Å². The minimum absolute atomic E-state index is 0.0599. The summed E-state index contributed by atoms with van der Waals surface area (Å²) in [6, 6.07) is 13.9. The molecule has 2 N–H and O–H groups in total. The van der Waals surface area contributed by atoms with Crippen molar-refractivity contribution in [3.63, 3.8) is 0 Å². The van der Waals surface area contributed by atoms with Gasteiger partial charge in [0.25, 0.3) is 0 Å². The van der Waals surface area contributed by atoms with Gasteiger partial charge in [-0.05, 0) is 36.4 Å². The van der Waals surface area contributed by atoms with Gasteiger partial charge in [-0.2, -0.15) is 0 Å². The molecule has 0 spiro atoms. The molecule has 2 aromatic carbocycles. The molecule has 1 aliphatic heterocycles. The van der Waals surface area contributed by atoms with Crippen LogP contribution in [-0.2, 0) is 9.53 Å². The number of rotatable bonds is 6. The zero-order chi connectivity index (χ0) is 17.5. The Bertz CT molecular complexity index is 700. The lowest BCUT2D eigenvalue weighted by atomic mass is 10.2. The van der Waals surface area contributed by atoms with E-state index in [1.54, 1.807) is 12.1 Å². The van der Waals surface area contributed by atoms with E-state index in [4.69, 9.17) is 4.74 Å². The van der Waals surface area contributed by atoms with Crippen LogP contribution in [-0.4, -0.2) is 38.8 Å². The van der Waals surface area contributed by atoms with Crippen molar-refractivity contribution in [2.75, 3.05) is 48.4 Å². The second-order valence-electron chi connectivity index (χ2n) is 5.85. The van der Waals surface area contributed by atoms with E-state index in [-0.39, 0.29) is 11.7 Å². The number of nitrogens with zero attached hydrogens (tertiary/aromatic N) is 1. The van der Waals surface area contributed by atoms with Gasteiger partial charge in [-0.3, -0.25) is 4.79 Å². The highest BCUT2D eigenvalue weighted by molar-refractivity contribution is 5.94. The van der Waals surface area contributed by atoms with E-state index in [9.17, 15) is 9.18 Å². The Morgan fingerprint density at radius 1 is 1.08 bits per heavy atom. The van der Waals surface area contributed by atoms with E-state index in [2.05, 4.69) is 15.5 Å². The van der Waals surface area contributed by atoms with Gasteiger partial charge in [-0.25, -0.2) is 4.39 Å². The zero-order valence-corrected chi connectivity index (χ0v) is 14.0. The van der Waals surface area contributed by atoms with E-state index >= 15 is 0 Å². The molecule has 0 aromatic heterocycles. The molecule has 1 amide bonds. The summed E-state index contributed by atoms with van der Waals surface area (Å²) < 4.78 is 18.3. The number of para-hydroxylation sites is 2. The summed E-state index contributed by atoms with van der Waals surface area (Å²) in [5.41, 5.74) is 2.63. The summed E-state index contributed by atoms with van der Waals surface area (Å²) in [5.74, 6) is -0.335. The number of amides is 1. The monoisotopic (exact) mass is 343 g/mol. The first kappa shape index (κ1) is 17.2. The fourth-order valence-electron chi connectivity index (χ4n) is 2.76. The smallest absolute Gasteiger partial charge is 0.226 e. The largest absolute Gasteiger partial charge is 0.385 e. The van der Waals surface area contributed by atoms with Gasteiger partial charge in [0.1, 0.15) is 5.82 Å². The topological polar surface area (TPSA) is 53.6 Å². The fourth-order valence-corrected chi connectivity index (χ4v) is 2.76. The zero-order valence-electron chi connectivity index (χ0n) is 14.0. The van der Waals surface area contributed by atoms with E-state index in [1.165, 1.54) is 12.1 Å². The predicted octanol–water partition coefficient (Wildman–Crippen LogP) is 3.10. The van der Waals surface area contributed by atoms with E-state index < -0.39 is 0 Å². The van der Waals surface area contributed by atoms with Gasteiger partial charge in [0.05, 0.1) is 24.6 Å². The van der Waals surface area contributed by atoms with Gasteiger partial charge in [0.15, 0.2) is 0 Å². The van der Waals surface area contributed by atoms with Crippen molar-refractivity contribution in [2.24, 2.45) is 0 Å². The Balaban J connectivity index is 1.53. The van der Waals surface area contributed by atoms with Crippen LogP contribution in [0.3, 0.4) is 0 Å². The number of hydrogen-bond donors (Lipinski definition) is 2. The van der Waals surface area contributed by atoms with Crippen LogP contribution >= 0.6 is 0 Å².